The Morgan fingerprint density at radius 3 is 1.50 bits per heavy atom. The van der Waals surface area contributed by atoms with E-state index in [0.29, 0.717) is 6.42 Å². The van der Waals surface area contributed by atoms with E-state index in [9.17, 15) is 28.0 Å². The van der Waals surface area contributed by atoms with Crippen molar-refractivity contribution in [3.63, 3.8) is 0 Å². The fourth-order valence-electron chi connectivity index (χ4n) is 4.98. The van der Waals surface area contributed by atoms with Crippen molar-refractivity contribution in [2.45, 2.75) is 180 Å². The molecule has 0 aliphatic carbocycles. The van der Waals surface area contributed by atoms with Crippen LogP contribution in [-0.4, -0.2) is 53.1 Å². The van der Waals surface area contributed by atoms with Gasteiger partial charge < -0.3 is 15.5 Å². The van der Waals surface area contributed by atoms with Crippen LogP contribution in [0.1, 0.15) is 162 Å². The van der Waals surface area contributed by atoms with E-state index in [-0.39, 0.29) is 6.42 Å². The van der Waals surface area contributed by atoms with Gasteiger partial charge in [0.05, 0.1) is 17.9 Å². The summed E-state index contributed by atoms with van der Waals surface area (Å²) in [7, 11) is -4.42. The lowest BCUT2D eigenvalue weighted by molar-refractivity contribution is -0.130. The van der Waals surface area contributed by atoms with Gasteiger partial charge in [0.2, 0.25) is 5.91 Å². The van der Waals surface area contributed by atoms with Gasteiger partial charge >= 0.3 is 0 Å². The maximum absolute atomic E-state index is 12.4. The number of hydrogen-bond acceptors (Lipinski definition) is 5. The summed E-state index contributed by atoms with van der Waals surface area (Å²) in [5.74, 6) is -1.54. The Bertz CT molecular complexity index is 712. The normalized spacial score (nSPS) is 14.4. The Balaban J connectivity index is 3.97. The van der Waals surface area contributed by atoms with E-state index in [4.69, 9.17) is 0 Å². The van der Waals surface area contributed by atoms with Crippen LogP contribution in [0, 0.1) is 0 Å². The first-order valence-electron chi connectivity index (χ1n) is 16.5. The lowest BCUT2D eigenvalue weighted by Gasteiger charge is -2.22. The number of aliphatic hydroxyl groups excluding tert-OH is 2. The summed E-state index contributed by atoms with van der Waals surface area (Å²) in [6, 6.07) is -1.22. The van der Waals surface area contributed by atoms with Crippen molar-refractivity contribution in [2.75, 3.05) is 5.75 Å². The minimum absolute atomic E-state index is 0.284. The van der Waals surface area contributed by atoms with E-state index < -0.39 is 40.0 Å². The quantitative estimate of drug-likeness (QED) is 0.0404. The molecule has 0 bridgehead atoms. The number of allylic oxidation sites excluding steroid dienone is 1. The summed E-state index contributed by atoms with van der Waals surface area (Å²) in [6.45, 7) is 4.38. The average molecular weight is 590 g/mol. The standard InChI is InChI=1S/C32H63NO6S/c1-3-5-7-9-11-12-13-14-15-16-17-18-19-20-21-23-25-27-31(35)32(36)33-29(28-40(37,38)39)30(34)26-24-22-10-8-6-4-2/h24,26,29-31,34-35H,3-23,25,27-28H2,1-2H3,(H,33,36)(H,37,38,39)/b26-24+. The molecule has 0 aliphatic heterocycles. The van der Waals surface area contributed by atoms with Gasteiger partial charge in [0.15, 0.2) is 0 Å². The number of aliphatic hydroxyl groups is 2. The molecule has 0 heterocycles. The Kier molecular flexibility index (Phi) is 26.3. The molecule has 3 atom stereocenters. The van der Waals surface area contributed by atoms with Crippen LogP contribution in [-0.2, 0) is 14.9 Å². The topological polar surface area (TPSA) is 124 Å². The van der Waals surface area contributed by atoms with Crippen molar-refractivity contribution in [2.24, 2.45) is 0 Å². The van der Waals surface area contributed by atoms with Crippen LogP contribution in [0.4, 0.5) is 0 Å². The molecule has 0 aromatic carbocycles. The fourth-order valence-corrected chi connectivity index (χ4v) is 5.72. The number of unbranched alkanes of at least 4 members (excludes halogenated alkanes) is 20. The van der Waals surface area contributed by atoms with Crippen molar-refractivity contribution >= 4 is 16.0 Å². The van der Waals surface area contributed by atoms with Crippen molar-refractivity contribution in [1.82, 2.24) is 5.32 Å². The highest BCUT2D eigenvalue weighted by Crippen LogP contribution is 2.15. The first-order valence-corrected chi connectivity index (χ1v) is 18.1. The Labute approximate surface area is 246 Å². The zero-order chi connectivity index (χ0) is 29.9. The molecule has 0 aromatic heterocycles. The molecular formula is C32H63NO6S. The predicted octanol–water partition coefficient (Wildman–Crippen LogP) is 7.65. The highest BCUT2D eigenvalue weighted by atomic mass is 32.2. The van der Waals surface area contributed by atoms with E-state index in [1.165, 1.54) is 89.5 Å². The maximum Gasteiger partial charge on any atom is 0.267 e. The SMILES string of the molecule is CCCCCC/C=C/C(O)C(CS(=O)(=O)O)NC(=O)C(O)CCCCCCCCCCCCCCCCCCC. The largest absolute Gasteiger partial charge is 0.387 e. The molecule has 238 valence electrons. The van der Waals surface area contributed by atoms with Crippen LogP contribution in [0.3, 0.4) is 0 Å². The first kappa shape index (κ1) is 39.0. The zero-order valence-electron chi connectivity index (χ0n) is 25.8. The van der Waals surface area contributed by atoms with E-state index in [2.05, 4.69) is 19.2 Å². The Morgan fingerprint density at radius 2 is 1.07 bits per heavy atom. The number of hydrogen-bond donors (Lipinski definition) is 4. The van der Waals surface area contributed by atoms with E-state index >= 15 is 0 Å². The molecule has 4 N–H and O–H groups in total. The van der Waals surface area contributed by atoms with Crippen LogP contribution < -0.4 is 5.32 Å². The van der Waals surface area contributed by atoms with Crippen molar-refractivity contribution in [3.05, 3.63) is 12.2 Å². The van der Waals surface area contributed by atoms with Crippen LogP contribution in [0.2, 0.25) is 0 Å². The third-order valence-corrected chi connectivity index (χ3v) is 8.35. The smallest absolute Gasteiger partial charge is 0.267 e. The second-order valence-electron chi connectivity index (χ2n) is 11.6. The molecule has 0 saturated carbocycles. The fraction of sp³-hybridized carbons (Fsp3) is 0.906. The lowest BCUT2D eigenvalue weighted by atomic mass is 10.0. The van der Waals surface area contributed by atoms with Gasteiger partial charge in [0.1, 0.15) is 6.10 Å². The van der Waals surface area contributed by atoms with Gasteiger partial charge in [-0.05, 0) is 19.3 Å². The summed E-state index contributed by atoms with van der Waals surface area (Å²) in [5, 5.41) is 23.0. The van der Waals surface area contributed by atoms with E-state index in [0.717, 1.165) is 51.4 Å². The second-order valence-corrected chi connectivity index (χ2v) is 13.1. The van der Waals surface area contributed by atoms with Crippen molar-refractivity contribution in [1.29, 1.82) is 0 Å². The highest BCUT2D eigenvalue weighted by Gasteiger charge is 2.27. The summed E-state index contributed by atoms with van der Waals surface area (Å²) in [4.78, 5) is 12.4. The molecule has 0 aliphatic rings. The van der Waals surface area contributed by atoms with Crippen molar-refractivity contribution in [3.8, 4) is 0 Å². The predicted molar refractivity (Wildman–Crippen MR) is 167 cm³/mol. The molecule has 8 heteroatoms. The van der Waals surface area contributed by atoms with Gasteiger partial charge in [0, 0.05) is 0 Å². The minimum Gasteiger partial charge on any atom is -0.387 e. The molecule has 7 nitrogen and oxygen atoms in total. The molecule has 0 rings (SSSR count). The summed E-state index contributed by atoms with van der Waals surface area (Å²) >= 11 is 0. The molecular weight excluding hydrogens is 526 g/mol. The average Bonchev–Trinajstić information content (AvgIpc) is 2.90. The summed E-state index contributed by atoms with van der Waals surface area (Å²) < 4.78 is 32.0. The molecule has 40 heavy (non-hydrogen) atoms. The van der Waals surface area contributed by atoms with Gasteiger partial charge in [0.25, 0.3) is 10.1 Å². The molecule has 0 aromatic rings. The third-order valence-electron chi connectivity index (χ3n) is 7.57. The van der Waals surface area contributed by atoms with Crippen molar-refractivity contribution < 1.29 is 28.0 Å². The molecule has 3 unspecified atom stereocenters. The zero-order valence-corrected chi connectivity index (χ0v) is 26.6. The first-order chi connectivity index (χ1) is 19.2. The van der Waals surface area contributed by atoms with Gasteiger partial charge in [-0.1, -0.05) is 154 Å². The lowest BCUT2D eigenvalue weighted by Crippen LogP contribution is -2.50. The van der Waals surface area contributed by atoms with E-state index in [1.807, 2.05) is 0 Å². The number of carbonyl (C=O) groups excluding carboxylic acids is 1. The third kappa shape index (κ3) is 26.0. The second kappa shape index (κ2) is 26.9. The summed E-state index contributed by atoms with van der Waals surface area (Å²) in [5.41, 5.74) is 0. The van der Waals surface area contributed by atoms with Crippen LogP contribution in [0.25, 0.3) is 0 Å². The van der Waals surface area contributed by atoms with Gasteiger partial charge in [-0.25, -0.2) is 0 Å². The maximum atomic E-state index is 12.4. The molecule has 1 amide bonds. The van der Waals surface area contributed by atoms with Gasteiger partial charge in [-0.3, -0.25) is 9.35 Å². The Morgan fingerprint density at radius 1 is 0.675 bits per heavy atom. The number of amides is 1. The monoisotopic (exact) mass is 589 g/mol. The molecule has 0 radical (unpaired) electrons. The van der Waals surface area contributed by atoms with Gasteiger partial charge in [-0.2, -0.15) is 8.42 Å². The highest BCUT2D eigenvalue weighted by molar-refractivity contribution is 7.85. The van der Waals surface area contributed by atoms with Crippen LogP contribution in [0.5, 0.6) is 0 Å². The molecule has 0 saturated heterocycles. The van der Waals surface area contributed by atoms with Crippen LogP contribution in [0.15, 0.2) is 12.2 Å². The number of carbonyl (C=O) groups is 1. The summed E-state index contributed by atoms with van der Waals surface area (Å²) in [6.07, 6.45) is 27.4. The molecule has 0 fully saturated rings. The van der Waals surface area contributed by atoms with Crippen LogP contribution >= 0.6 is 0 Å². The number of rotatable bonds is 29. The minimum atomic E-state index is -4.42. The van der Waals surface area contributed by atoms with Gasteiger partial charge in [-0.15, -0.1) is 0 Å². The Hall–Kier alpha value is -0.960. The molecule has 0 spiro atoms. The number of nitrogens with one attached hydrogen (secondary N) is 1. The van der Waals surface area contributed by atoms with E-state index in [1.54, 1.807) is 6.08 Å².